The summed E-state index contributed by atoms with van der Waals surface area (Å²) in [6, 6.07) is 10.1. The predicted octanol–water partition coefficient (Wildman–Crippen LogP) is 3.15. The van der Waals surface area contributed by atoms with Gasteiger partial charge in [-0.15, -0.1) is 0 Å². The molecule has 0 spiro atoms. The molecule has 1 saturated heterocycles. The van der Waals surface area contributed by atoms with Gasteiger partial charge in [0.05, 0.1) is 5.92 Å². The maximum Gasteiger partial charge on any atom is 0.230 e. The molecule has 3 heteroatoms. The molecule has 3 atom stereocenters. The second-order valence-electron chi connectivity index (χ2n) is 6.34. The molecule has 1 aromatic rings. The molecular formula is C18H23NO2. The molecule has 3 unspecified atom stereocenters. The minimum absolute atomic E-state index is 0.0967. The number of amides is 1. The van der Waals surface area contributed by atoms with Gasteiger partial charge in [-0.2, -0.15) is 0 Å². The summed E-state index contributed by atoms with van der Waals surface area (Å²) in [5.41, 5.74) is 1.06. The fourth-order valence-corrected chi connectivity index (χ4v) is 3.87. The number of carbonyl (C=O) groups is 2. The smallest absolute Gasteiger partial charge is 0.230 e. The number of benzene rings is 1. The molecule has 1 aliphatic carbocycles. The summed E-state index contributed by atoms with van der Waals surface area (Å²) in [4.78, 5) is 26.9. The van der Waals surface area contributed by atoms with Gasteiger partial charge in [-0.1, -0.05) is 30.3 Å². The van der Waals surface area contributed by atoms with Crippen molar-refractivity contribution >= 4 is 11.7 Å². The second kappa shape index (κ2) is 6.00. The molecule has 112 valence electrons. The number of carbonyl (C=O) groups excluding carboxylic acids is 2. The van der Waals surface area contributed by atoms with Crippen LogP contribution in [0.15, 0.2) is 30.3 Å². The van der Waals surface area contributed by atoms with E-state index in [9.17, 15) is 9.59 Å². The summed E-state index contributed by atoms with van der Waals surface area (Å²) in [6.07, 6.45) is 4.69. The first-order valence-corrected chi connectivity index (χ1v) is 8.06. The molecule has 2 fully saturated rings. The SMILES string of the molecule is CC(C(=O)N1CCCC1C1CCCC1=O)c1ccccc1. The number of rotatable bonds is 3. The van der Waals surface area contributed by atoms with Crippen molar-refractivity contribution in [3.63, 3.8) is 0 Å². The van der Waals surface area contributed by atoms with Gasteiger partial charge in [-0.25, -0.2) is 0 Å². The number of hydrogen-bond acceptors (Lipinski definition) is 2. The van der Waals surface area contributed by atoms with Gasteiger partial charge >= 0.3 is 0 Å². The van der Waals surface area contributed by atoms with Crippen LogP contribution >= 0.6 is 0 Å². The van der Waals surface area contributed by atoms with Crippen LogP contribution in [0.1, 0.15) is 50.5 Å². The van der Waals surface area contributed by atoms with E-state index in [0.29, 0.717) is 12.2 Å². The minimum Gasteiger partial charge on any atom is -0.338 e. The number of ketones is 1. The highest BCUT2D eigenvalue weighted by atomic mass is 16.2. The van der Waals surface area contributed by atoms with E-state index in [2.05, 4.69) is 0 Å². The first-order valence-electron chi connectivity index (χ1n) is 8.06. The predicted molar refractivity (Wildman–Crippen MR) is 81.9 cm³/mol. The van der Waals surface area contributed by atoms with Gasteiger partial charge in [0.25, 0.3) is 0 Å². The molecule has 1 aromatic carbocycles. The molecule has 0 radical (unpaired) electrons. The largest absolute Gasteiger partial charge is 0.338 e. The lowest BCUT2D eigenvalue weighted by Crippen LogP contribution is -2.43. The first-order chi connectivity index (χ1) is 10.2. The topological polar surface area (TPSA) is 37.4 Å². The first kappa shape index (κ1) is 14.3. The van der Waals surface area contributed by atoms with E-state index in [1.807, 2.05) is 42.2 Å². The van der Waals surface area contributed by atoms with Crippen molar-refractivity contribution in [3.05, 3.63) is 35.9 Å². The third kappa shape index (κ3) is 2.74. The van der Waals surface area contributed by atoms with Crippen LogP contribution in [-0.4, -0.2) is 29.2 Å². The molecule has 1 saturated carbocycles. The lowest BCUT2D eigenvalue weighted by atomic mass is 9.93. The van der Waals surface area contributed by atoms with Gasteiger partial charge in [0.2, 0.25) is 5.91 Å². The zero-order chi connectivity index (χ0) is 14.8. The zero-order valence-corrected chi connectivity index (χ0v) is 12.6. The minimum atomic E-state index is -0.122. The van der Waals surface area contributed by atoms with Crippen LogP contribution in [0.4, 0.5) is 0 Å². The van der Waals surface area contributed by atoms with Crippen LogP contribution in [-0.2, 0) is 9.59 Å². The second-order valence-corrected chi connectivity index (χ2v) is 6.34. The fraction of sp³-hybridized carbons (Fsp3) is 0.556. The van der Waals surface area contributed by atoms with Crippen LogP contribution in [0.5, 0.6) is 0 Å². The van der Waals surface area contributed by atoms with Gasteiger partial charge in [0, 0.05) is 24.9 Å². The van der Waals surface area contributed by atoms with Crippen molar-refractivity contribution in [2.24, 2.45) is 5.92 Å². The van der Waals surface area contributed by atoms with E-state index in [4.69, 9.17) is 0 Å². The van der Waals surface area contributed by atoms with Gasteiger partial charge in [-0.3, -0.25) is 9.59 Å². The van der Waals surface area contributed by atoms with Crippen LogP contribution < -0.4 is 0 Å². The summed E-state index contributed by atoms with van der Waals surface area (Å²) in [5.74, 6) is 0.526. The van der Waals surface area contributed by atoms with Gasteiger partial charge in [0.15, 0.2) is 0 Å². The fourth-order valence-electron chi connectivity index (χ4n) is 3.87. The van der Waals surface area contributed by atoms with Crippen LogP contribution in [0.2, 0.25) is 0 Å². The summed E-state index contributed by atoms with van der Waals surface area (Å²) < 4.78 is 0. The van der Waals surface area contributed by atoms with E-state index >= 15 is 0 Å². The zero-order valence-electron chi connectivity index (χ0n) is 12.6. The van der Waals surface area contributed by atoms with Gasteiger partial charge in [0.1, 0.15) is 5.78 Å². The molecular weight excluding hydrogens is 262 g/mol. The Morgan fingerprint density at radius 2 is 1.95 bits per heavy atom. The Kier molecular flexibility index (Phi) is 4.09. The van der Waals surface area contributed by atoms with E-state index in [-0.39, 0.29) is 23.8 Å². The molecule has 2 aliphatic rings. The molecule has 0 N–H and O–H groups in total. The maximum absolute atomic E-state index is 12.8. The standard InChI is InChI=1S/C18H23NO2/c1-13(14-7-3-2-4-8-14)18(21)19-12-6-10-16(19)15-9-5-11-17(15)20/h2-4,7-8,13,15-16H,5-6,9-12H2,1H3. The third-order valence-electron chi connectivity index (χ3n) is 5.07. The van der Waals surface area contributed by atoms with Crippen LogP contribution in [0.3, 0.4) is 0 Å². The van der Waals surface area contributed by atoms with Crippen LogP contribution in [0.25, 0.3) is 0 Å². The summed E-state index contributed by atoms with van der Waals surface area (Å²) in [7, 11) is 0. The highest BCUT2D eigenvalue weighted by Crippen LogP contribution is 2.35. The average molecular weight is 285 g/mol. The molecule has 0 bridgehead atoms. The van der Waals surface area contributed by atoms with Crippen molar-refractivity contribution < 1.29 is 9.59 Å². The number of Topliss-reactive ketones (excluding diaryl/α,β-unsaturated/α-hetero) is 1. The average Bonchev–Trinajstić information content (AvgIpc) is 3.14. The highest BCUT2D eigenvalue weighted by Gasteiger charge is 2.41. The maximum atomic E-state index is 12.8. The van der Waals surface area contributed by atoms with Gasteiger partial charge < -0.3 is 4.90 Å². The summed E-state index contributed by atoms with van der Waals surface area (Å²) >= 11 is 0. The van der Waals surface area contributed by atoms with Crippen LogP contribution in [0, 0.1) is 5.92 Å². The Morgan fingerprint density at radius 1 is 1.19 bits per heavy atom. The third-order valence-corrected chi connectivity index (χ3v) is 5.07. The molecule has 1 heterocycles. The lowest BCUT2D eigenvalue weighted by molar-refractivity contribution is -0.135. The van der Waals surface area contributed by atoms with E-state index < -0.39 is 0 Å². The summed E-state index contributed by atoms with van der Waals surface area (Å²) in [5, 5.41) is 0. The lowest BCUT2D eigenvalue weighted by Gasteiger charge is -2.31. The Morgan fingerprint density at radius 3 is 2.62 bits per heavy atom. The normalized spacial score (nSPS) is 27.1. The number of likely N-dealkylation sites (tertiary alicyclic amines) is 1. The van der Waals surface area contributed by atoms with Crippen molar-refractivity contribution in [3.8, 4) is 0 Å². The monoisotopic (exact) mass is 285 g/mol. The molecule has 0 aromatic heterocycles. The Hall–Kier alpha value is -1.64. The molecule has 3 rings (SSSR count). The molecule has 3 nitrogen and oxygen atoms in total. The molecule has 21 heavy (non-hydrogen) atoms. The molecule has 1 amide bonds. The van der Waals surface area contributed by atoms with E-state index in [1.54, 1.807) is 0 Å². The Labute approximate surface area is 126 Å². The van der Waals surface area contributed by atoms with E-state index in [1.165, 1.54) is 0 Å². The van der Waals surface area contributed by atoms with Crippen molar-refractivity contribution in [1.82, 2.24) is 4.90 Å². The van der Waals surface area contributed by atoms with E-state index in [0.717, 1.165) is 37.8 Å². The van der Waals surface area contributed by atoms with Crippen molar-refractivity contribution in [2.45, 2.75) is 51.0 Å². The quantitative estimate of drug-likeness (QED) is 0.855. The summed E-state index contributed by atoms with van der Waals surface area (Å²) in [6.45, 7) is 2.79. The molecule has 1 aliphatic heterocycles. The highest BCUT2D eigenvalue weighted by molar-refractivity contribution is 5.87. The number of hydrogen-bond donors (Lipinski definition) is 0. The number of nitrogens with zero attached hydrogens (tertiary/aromatic N) is 1. The van der Waals surface area contributed by atoms with Crippen molar-refractivity contribution in [1.29, 1.82) is 0 Å². The Balaban J connectivity index is 1.75. The van der Waals surface area contributed by atoms with Gasteiger partial charge in [-0.05, 0) is 38.2 Å². The Bertz CT molecular complexity index is 525. The van der Waals surface area contributed by atoms with Crippen molar-refractivity contribution in [2.75, 3.05) is 6.54 Å².